The highest BCUT2D eigenvalue weighted by molar-refractivity contribution is 6.24. The second-order valence-electron chi connectivity index (χ2n) is 25.1. The molecule has 0 spiro atoms. The third kappa shape index (κ3) is 12.8. The SMILES string of the molecule is O=C1c2ccc(C3CCCCCCCC3)c(C3CCCCCCCC3)c2-c2c1c(C1CCCCCCCC1)c(C1CCCCCCCC1)c(C1CCCCCCCC1)c2C1CCCCCCCC1. The number of carbonyl (C=O) groups excluding carboxylic acids is 1. The van der Waals surface area contributed by atoms with Crippen LogP contribution in [0.1, 0.15) is 393 Å². The Morgan fingerprint density at radius 3 is 0.765 bits per heavy atom. The highest BCUT2D eigenvalue weighted by atomic mass is 16.1. The predicted octanol–water partition coefficient (Wildman–Crippen LogP) is 22.2. The maximum atomic E-state index is 16.7. The molecule has 7 aliphatic carbocycles. The molecule has 6 saturated carbocycles. The Hall–Kier alpha value is -1.89. The quantitative estimate of drug-likeness (QED) is 0.241. The first kappa shape index (κ1) is 51.0. The lowest BCUT2D eigenvalue weighted by molar-refractivity contribution is 0.104. The maximum Gasteiger partial charge on any atom is 0.194 e. The summed E-state index contributed by atoms with van der Waals surface area (Å²) in [6, 6.07) is 5.16. The van der Waals surface area contributed by atoms with Crippen molar-refractivity contribution in [2.75, 3.05) is 0 Å². The van der Waals surface area contributed by atoms with Gasteiger partial charge in [-0.3, -0.25) is 4.79 Å². The van der Waals surface area contributed by atoms with E-state index < -0.39 is 0 Å². The van der Waals surface area contributed by atoms with Gasteiger partial charge >= 0.3 is 0 Å². The van der Waals surface area contributed by atoms with Gasteiger partial charge in [-0.25, -0.2) is 0 Å². The first-order valence-electron chi connectivity index (χ1n) is 31.7. The Morgan fingerprint density at radius 1 is 0.221 bits per heavy atom. The summed E-state index contributed by atoms with van der Waals surface area (Å²) in [5.74, 6) is 4.15. The van der Waals surface area contributed by atoms with Crippen molar-refractivity contribution < 1.29 is 4.79 Å². The van der Waals surface area contributed by atoms with E-state index in [0.717, 1.165) is 0 Å². The molecular weight excluding hydrogens is 821 g/mol. The van der Waals surface area contributed by atoms with Crippen LogP contribution < -0.4 is 0 Å². The molecule has 0 saturated heterocycles. The molecule has 1 nitrogen and oxygen atoms in total. The fourth-order valence-corrected chi connectivity index (χ4v) is 16.6. The monoisotopic (exact) mass is 925 g/mol. The summed E-state index contributed by atoms with van der Waals surface area (Å²) in [5, 5.41) is 0. The number of hydrogen-bond donors (Lipinski definition) is 0. The summed E-state index contributed by atoms with van der Waals surface area (Å²) in [4.78, 5) is 16.7. The van der Waals surface area contributed by atoms with Crippen molar-refractivity contribution in [3.8, 4) is 11.1 Å². The molecule has 0 bridgehead atoms. The zero-order chi connectivity index (χ0) is 46.2. The van der Waals surface area contributed by atoms with E-state index in [1.54, 1.807) is 27.8 Å². The van der Waals surface area contributed by atoms with Crippen molar-refractivity contribution in [2.45, 2.75) is 344 Å². The lowest BCUT2D eigenvalue weighted by Gasteiger charge is -2.38. The Bertz CT molecular complexity index is 1790. The number of fused-ring (bicyclic) bond motifs is 3. The van der Waals surface area contributed by atoms with Crippen LogP contribution in [0.15, 0.2) is 12.1 Å². The molecule has 0 aliphatic heterocycles. The second kappa shape index (κ2) is 27.2. The summed E-state index contributed by atoms with van der Waals surface area (Å²) in [5.41, 5.74) is 16.6. The van der Waals surface area contributed by atoms with Gasteiger partial charge in [0.05, 0.1) is 0 Å². The van der Waals surface area contributed by atoms with Crippen LogP contribution in [-0.4, -0.2) is 5.78 Å². The van der Waals surface area contributed by atoms with E-state index in [-0.39, 0.29) is 0 Å². The summed E-state index contributed by atoms with van der Waals surface area (Å²) < 4.78 is 0. The van der Waals surface area contributed by atoms with E-state index in [0.29, 0.717) is 41.3 Å². The van der Waals surface area contributed by atoms with E-state index in [1.807, 2.05) is 16.7 Å². The summed E-state index contributed by atoms with van der Waals surface area (Å²) in [7, 11) is 0. The Morgan fingerprint density at radius 2 is 0.456 bits per heavy atom. The van der Waals surface area contributed by atoms with E-state index >= 15 is 4.79 Å². The summed E-state index contributed by atoms with van der Waals surface area (Å²) in [6.07, 6.45) is 66.7. The van der Waals surface area contributed by atoms with Crippen LogP contribution in [-0.2, 0) is 0 Å². The van der Waals surface area contributed by atoms with Gasteiger partial charge in [-0.1, -0.05) is 243 Å². The van der Waals surface area contributed by atoms with Crippen molar-refractivity contribution in [2.24, 2.45) is 0 Å². The Kier molecular flexibility index (Phi) is 20.4. The van der Waals surface area contributed by atoms with Gasteiger partial charge in [0.15, 0.2) is 5.78 Å². The number of ketones is 1. The lowest BCUT2D eigenvalue weighted by Crippen LogP contribution is -2.22. The van der Waals surface area contributed by atoms with Crippen LogP contribution in [0.4, 0.5) is 0 Å². The standard InChI is InChI=1S/C67H104O/c68-67-58-50-49-57(51-37-25-13-1-2-14-26-38-51)59(52-39-27-15-3-4-16-28-40-52)64(58)65-62(55-45-33-21-9-10-22-34-46-55)60(53-41-29-17-5-6-18-30-42-53)61(54-43-31-19-7-8-20-32-44-54)63(66(65)67)56-47-35-23-11-12-24-36-48-56/h49-56H,1-48H2. The molecule has 68 heavy (non-hydrogen) atoms. The van der Waals surface area contributed by atoms with Gasteiger partial charge < -0.3 is 0 Å². The van der Waals surface area contributed by atoms with Crippen LogP contribution >= 0.6 is 0 Å². The van der Waals surface area contributed by atoms with Crippen molar-refractivity contribution in [1.82, 2.24) is 0 Å². The predicted molar refractivity (Wildman–Crippen MR) is 293 cm³/mol. The molecule has 6 fully saturated rings. The molecule has 0 amide bonds. The highest BCUT2D eigenvalue weighted by Crippen LogP contribution is 2.59. The first-order chi connectivity index (χ1) is 33.8. The number of hydrogen-bond acceptors (Lipinski definition) is 1. The molecule has 1 heteroatoms. The van der Waals surface area contributed by atoms with E-state index in [1.165, 1.54) is 319 Å². The number of carbonyl (C=O) groups is 1. The van der Waals surface area contributed by atoms with E-state index in [4.69, 9.17) is 0 Å². The third-order valence-corrected chi connectivity index (χ3v) is 20.3. The Labute approximate surface area is 420 Å². The van der Waals surface area contributed by atoms with E-state index in [2.05, 4.69) is 12.1 Å². The molecule has 2 aromatic rings. The van der Waals surface area contributed by atoms with Crippen LogP contribution in [0.2, 0.25) is 0 Å². The molecule has 0 atom stereocenters. The Balaban J connectivity index is 1.39. The minimum atomic E-state index is 0.504. The first-order valence-corrected chi connectivity index (χ1v) is 31.7. The number of benzene rings is 2. The van der Waals surface area contributed by atoms with Crippen molar-refractivity contribution in [1.29, 1.82) is 0 Å². The van der Waals surface area contributed by atoms with Crippen LogP contribution in [0.5, 0.6) is 0 Å². The molecule has 0 unspecified atom stereocenters. The average molecular weight is 926 g/mol. The molecule has 0 N–H and O–H groups in total. The van der Waals surface area contributed by atoms with Crippen molar-refractivity contribution >= 4 is 5.78 Å². The van der Waals surface area contributed by atoms with E-state index in [9.17, 15) is 0 Å². The van der Waals surface area contributed by atoms with Gasteiger partial charge in [0.1, 0.15) is 0 Å². The van der Waals surface area contributed by atoms with Gasteiger partial charge in [0, 0.05) is 11.1 Å². The highest BCUT2D eigenvalue weighted by Gasteiger charge is 2.44. The minimum absolute atomic E-state index is 0.504. The van der Waals surface area contributed by atoms with Crippen LogP contribution in [0.3, 0.4) is 0 Å². The van der Waals surface area contributed by atoms with Gasteiger partial charge in [-0.2, -0.15) is 0 Å². The van der Waals surface area contributed by atoms with Gasteiger partial charge in [0.2, 0.25) is 0 Å². The molecule has 2 aromatic carbocycles. The fourth-order valence-electron chi connectivity index (χ4n) is 16.6. The third-order valence-electron chi connectivity index (χ3n) is 20.3. The lowest BCUT2D eigenvalue weighted by atomic mass is 9.66. The molecule has 378 valence electrons. The fraction of sp³-hybridized carbons (Fsp3) is 0.806. The summed E-state index contributed by atoms with van der Waals surface area (Å²) in [6.45, 7) is 0. The molecular formula is C67H104O. The van der Waals surface area contributed by atoms with Crippen LogP contribution in [0.25, 0.3) is 11.1 Å². The zero-order valence-electron chi connectivity index (χ0n) is 44.5. The molecule has 7 aliphatic rings. The van der Waals surface area contributed by atoms with Gasteiger partial charge in [-0.05, 0) is 157 Å². The molecule has 0 aromatic heterocycles. The largest absolute Gasteiger partial charge is 0.289 e. The maximum absolute atomic E-state index is 16.7. The summed E-state index contributed by atoms with van der Waals surface area (Å²) >= 11 is 0. The van der Waals surface area contributed by atoms with Gasteiger partial charge in [0.25, 0.3) is 0 Å². The molecule has 9 rings (SSSR count). The van der Waals surface area contributed by atoms with Crippen molar-refractivity contribution in [3.05, 3.63) is 56.6 Å². The minimum Gasteiger partial charge on any atom is -0.289 e. The topological polar surface area (TPSA) is 17.1 Å². The zero-order valence-corrected chi connectivity index (χ0v) is 44.5. The van der Waals surface area contributed by atoms with Crippen LogP contribution in [0, 0.1) is 0 Å². The smallest absolute Gasteiger partial charge is 0.194 e. The molecule has 0 radical (unpaired) electrons. The van der Waals surface area contributed by atoms with Gasteiger partial charge in [-0.15, -0.1) is 0 Å². The normalized spacial score (nSPS) is 25.1. The molecule has 0 heterocycles. The second-order valence-corrected chi connectivity index (χ2v) is 25.1. The average Bonchev–Trinajstić information content (AvgIpc) is 3.94. The van der Waals surface area contributed by atoms with Crippen molar-refractivity contribution in [3.63, 3.8) is 0 Å². The number of rotatable bonds is 6.